The van der Waals surface area contributed by atoms with E-state index in [0.29, 0.717) is 12.4 Å². The summed E-state index contributed by atoms with van der Waals surface area (Å²) in [5.41, 5.74) is 2.09. The predicted octanol–water partition coefficient (Wildman–Crippen LogP) is 0.701. The Hall–Kier alpha value is -1.35. The molecule has 0 atom stereocenters. The lowest BCUT2D eigenvalue weighted by Gasteiger charge is -2.07. The molecular weight excluding hydrogens is 138 g/mol. The van der Waals surface area contributed by atoms with Gasteiger partial charge in [0.1, 0.15) is 5.84 Å². The molecule has 1 heterocycles. The fourth-order valence-corrected chi connectivity index (χ4v) is 1.31. The molecule has 0 radical (unpaired) electrons. The molecule has 1 aromatic rings. The number of amidine groups is 1. The summed E-state index contributed by atoms with van der Waals surface area (Å²) in [5, 5.41) is 8.99. The summed E-state index contributed by atoms with van der Waals surface area (Å²) in [6, 6.07) is 7.80. The second-order valence-corrected chi connectivity index (χ2v) is 2.63. The normalized spacial score (nSPS) is 15.4. The number of nitrogens with two attached hydrogens (primary N) is 1. The number of rotatable bonds is 0. The van der Waals surface area contributed by atoms with Gasteiger partial charge in [0.25, 0.3) is 0 Å². The third-order valence-electron chi connectivity index (χ3n) is 1.90. The molecule has 11 heavy (non-hydrogen) atoms. The third kappa shape index (κ3) is 0.816. The number of fused-ring (bicyclic) bond motifs is 1. The lowest BCUT2D eigenvalue weighted by atomic mass is 10.1. The van der Waals surface area contributed by atoms with Crippen molar-refractivity contribution < 1.29 is 0 Å². The van der Waals surface area contributed by atoms with E-state index in [1.165, 1.54) is 5.01 Å². The van der Waals surface area contributed by atoms with Gasteiger partial charge in [0.2, 0.25) is 0 Å². The van der Waals surface area contributed by atoms with Gasteiger partial charge in [0.05, 0.1) is 6.54 Å². The van der Waals surface area contributed by atoms with Crippen LogP contribution in [-0.2, 0) is 6.54 Å². The monoisotopic (exact) mass is 147 g/mol. The topological polar surface area (TPSA) is 53.1 Å². The smallest absolute Gasteiger partial charge is 0.142 e. The summed E-state index contributed by atoms with van der Waals surface area (Å²) in [7, 11) is 0. The molecule has 3 heteroatoms. The van der Waals surface area contributed by atoms with E-state index in [1.54, 1.807) is 0 Å². The maximum Gasteiger partial charge on any atom is 0.142 e. The highest BCUT2D eigenvalue weighted by molar-refractivity contribution is 5.99. The first-order valence-electron chi connectivity index (χ1n) is 3.48. The van der Waals surface area contributed by atoms with Gasteiger partial charge in [-0.25, -0.2) is 5.84 Å². The van der Waals surface area contributed by atoms with Gasteiger partial charge < -0.3 is 0 Å². The van der Waals surface area contributed by atoms with Crippen LogP contribution in [0.25, 0.3) is 0 Å². The summed E-state index contributed by atoms with van der Waals surface area (Å²) < 4.78 is 0. The average Bonchev–Trinajstić information content (AvgIpc) is 2.30. The van der Waals surface area contributed by atoms with E-state index in [4.69, 9.17) is 11.3 Å². The molecule has 0 unspecified atom stereocenters. The minimum absolute atomic E-state index is 0.417. The first-order valence-corrected chi connectivity index (χ1v) is 3.48. The average molecular weight is 147 g/mol. The van der Waals surface area contributed by atoms with E-state index in [-0.39, 0.29) is 0 Å². The van der Waals surface area contributed by atoms with Gasteiger partial charge in [-0.1, -0.05) is 24.3 Å². The number of nitrogens with one attached hydrogen (secondary N) is 1. The van der Waals surface area contributed by atoms with Crippen LogP contribution in [-0.4, -0.2) is 10.8 Å². The molecule has 3 N–H and O–H groups in total. The number of benzene rings is 1. The Labute approximate surface area is 64.9 Å². The van der Waals surface area contributed by atoms with Crippen molar-refractivity contribution in [2.45, 2.75) is 6.54 Å². The fraction of sp³-hybridized carbons (Fsp3) is 0.125. The van der Waals surface area contributed by atoms with Crippen LogP contribution in [0.1, 0.15) is 11.1 Å². The Morgan fingerprint density at radius 3 is 2.82 bits per heavy atom. The molecule has 0 aromatic heterocycles. The van der Waals surface area contributed by atoms with Crippen LogP contribution >= 0.6 is 0 Å². The van der Waals surface area contributed by atoms with Crippen molar-refractivity contribution in [3.8, 4) is 0 Å². The molecule has 0 aliphatic carbocycles. The van der Waals surface area contributed by atoms with Gasteiger partial charge in [-0.3, -0.25) is 10.4 Å². The van der Waals surface area contributed by atoms with Gasteiger partial charge in [0, 0.05) is 5.56 Å². The van der Waals surface area contributed by atoms with Gasteiger partial charge in [-0.05, 0) is 5.56 Å². The van der Waals surface area contributed by atoms with Crippen LogP contribution in [0.2, 0.25) is 0 Å². The molecule has 3 nitrogen and oxygen atoms in total. The maximum atomic E-state index is 7.54. The van der Waals surface area contributed by atoms with Crippen molar-refractivity contribution in [2.24, 2.45) is 5.84 Å². The molecule has 0 spiro atoms. The summed E-state index contributed by atoms with van der Waals surface area (Å²) in [6.45, 7) is 0.662. The van der Waals surface area contributed by atoms with E-state index < -0.39 is 0 Å². The van der Waals surface area contributed by atoms with Crippen molar-refractivity contribution in [2.75, 3.05) is 0 Å². The van der Waals surface area contributed by atoms with Crippen LogP contribution < -0.4 is 5.84 Å². The molecule has 0 bridgehead atoms. The highest BCUT2D eigenvalue weighted by Gasteiger charge is 2.19. The zero-order valence-corrected chi connectivity index (χ0v) is 6.04. The predicted molar refractivity (Wildman–Crippen MR) is 43.0 cm³/mol. The summed E-state index contributed by atoms with van der Waals surface area (Å²) in [4.78, 5) is 0. The molecule has 1 aromatic carbocycles. The van der Waals surface area contributed by atoms with Gasteiger partial charge >= 0.3 is 0 Å². The Morgan fingerprint density at radius 1 is 1.36 bits per heavy atom. The summed E-state index contributed by atoms with van der Waals surface area (Å²) in [5.74, 6) is 5.95. The first-order chi connectivity index (χ1) is 5.29. The molecule has 0 amide bonds. The van der Waals surface area contributed by atoms with E-state index in [9.17, 15) is 0 Å². The van der Waals surface area contributed by atoms with E-state index in [0.717, 1.165) is 11.1 Å². The van der Waals surface area contributed by atoms with Crippen molar-refractivity contribution in [1.82, 2.24) is 5.01 Å². The Bertz CT molecular complexity index is 306. The maximum absolute atomic E-state index is 7.54. The largest absolute Gasteiger partial charge is 0.290 e. The number of nitrogens with zero attached hydrogens (tertiary/aromatic N) is 1. The van der Waals surface area contributed by atoms with E-state index in [1.807, 2.05) is 24.3 Å². The second kappa shape index (κ2) is 2.07. The Morgan fingerprint density at radius 2 is 2.09 bits per heavy atom. The van der Waals surface area contributed by atoms with Gasteiger partial charge in [-0.15, -0.1) is 0 Å². The van der Waals surface area contributed by atoms with Crippen LogP contribution in [0.3, 0.4) is 0 Å². The van der Waals surface area contributed by atoms with E-state index in [2.05, 4.69) is 0 Å². The fourth-order valence-electron chi connectivity index (χ4n) is 1.31. The lowest BCUT2D eigenvalue weighted by Crippen LogP contribution is -2.30. The zero-order chi connectivity index (χ0) is 7.84. The molecular formula is C8H9N3. The quantitative estimate of drug-likeness (QED) is 0.531. The highest BCUT2D eigenvalue weighted by Crippen LogP contribution is 2.18. The SMILES string of the molecule is N=C1c2ccccc2CN1N. The van der Waals surface area contributed by atoms with Crippen molar-refractivity contribution in [3.63, 3.8) is 0 Å². The second-order valence-electron chi connectivity index (χ2n) is 2.63. The minimum atomic E-state index is 0.417. The molecule has 0 saturated carbocycles. The van der Waals surface area contributed by atoms with Crippen molar-refractivity contribution in [1.29, 1.82) is 5.41 Å². The minimum Gasteiger partial charge on any atom is -0.290 e. The van der Waals surface area contributed by atoms with Gasteiger partial charge in [0.15, 0.2) is 0 Å². The van der Waals surface area contributed by atoms with Gasteiger partial charge in [-0.2, -0.15) is 0 Å². The van der Waals surface area contributed by atoms with E-state index >= 15 is 0 Å². The van der Waals surface area contributed by atoms with Crippen LogP contribution in [0.5, 0.6) is 0 Å². The van der Waals surface area contributed by atoms with Crippen LogP contribution in [0, 0.1) is 5.41 Å². The molecule has 0 fully saturated rings. The summed E-state index contributed by atoms with van der Waals surface area (Å²) >= 11 is 0. The molecule has 2 rings (SSSR count). The number of hydrogen-bond acceptors (Lipinski definition) is 2. The van der Waals surface area contributed by atoms with Crippen molar-refractivity contribution in [3.05, 3.63) is 35.4 Å². The van der Waals surface area contributed by atoms with Crippen LogP contribution in [0.15, 0.2) is 24.3 Å². The standard InChI is InChI=1S/C8H9N3/c9-8-7-4-2-1-3-6(7)5-11(8)10/h1-4,9H,5,10H2. The van der Waals surface area contributed by atoms with Crippen LogP contribution in [0.4, 0.5) is 0 Å². The molecule has 0 saturated heterocycles. The Balaban J connectivity index is 2.55. The first kappa shape index (κ1) is 6.37. The van der Waals surface area contributed by atoms with Crippen molar-refractivity contribution >= 4 is 5.84 Å². The molecule has 1 aliphatic heterocycles. The molecule has 1 aliphatic rings. The number of hydrazine groups is 1. The zero-order valence-electron chi connectivity index (χ0n) is 6.04. The molecule has 56 valence electrons. The Kier molecular flexibility index (Phi) is 1.20. The lowest BCUT2D eigenvalue weighted by molar-refractivity contribution is 0.451. The number of hydrogen-bond donors (Lipinski definition) is 2. The summed E-state index contributed by atoms with van der Waals surface area (Å²) in [6.07, 6.45) is 0. The third-order valence-corrected chi connectivity index (χ3v) is 1.90. The highest BCUT2D eigenvalue weighted by atomic mass is 15.4.